The zero-order chi connectivity index (χ0) is 45.1. The van der Waals surface area contributed by atoms with Crippen molar-refractivity contribution >= 4 is 5.91 Å². The second-order valence-electron chi connectivity index (χ2n) is 20.2. The van der Waals surface area contributed by atoms with E-state index in [2.05, 4.69) is 19.2 Å². The van der Waals surface area contributed by atoms with Gasteiger partial charge in [-0.05, 0) is 12.8 Å². The van der Waals surface area contributed by atoms with Crippen LogP contribution in [0.5, 0.6) is 0 Å². The summed E-state index contributed by atoms with van der Waals surface area (Å²) in [5, 5.41) is 33.8. The normalized spacial score (nSPS) is 13.2. The van der Waals surface area contributed by atoms with E-state index in [4.69, 9.17) is 0 Å². The van der Waals surface area contributed by atoms with Gasteiger partial charge in [0.15, 0.2) is 0 Å². The van der Waals surface area contributed by atoms with Crippen LogP contribution in [-0.2, 0) is 4.79 Å². The first-order valence-corrected chi connectivity index (χ1v) is 28.8. The molecule has 0 fully saturated rings. The van der Waals surface area contributed by atoms with Crippen LogP contribution in [0, 0.1) is 0 Å². The first kappa shape index (κ1) is 61.4. The van der Waals surface area contributed by atoms with Crippen molar-refractivity contribution in [3.63, 3.8) is 0 Å². The average Bonchev–Trinajstić information content (AvgIpc) is 3.28. The first-order valence-electron chi connectivity index (χ1n) is 28.8. The second kappa shape index (κ2) is 53.0. The van der Waals surface area contributed by atoms with E-state index in [9.17, 15) is 20.1 Å². The number of amides is 1. The molecule has 0 bridgehead atoms. The monoisotopic (exact) mass is 878 g/mol. The Morgan fingerprint density at radius 3 is 0.774 bits per heavy atom. The molecule has 0 heterocycles. The van der Waals surface area contributed by atoms with Crippen LogP contribution in [-0.4, -0.2) is 46.1 Å². The predicted molar refractivity (Wildman–Crippen MR) is 273 cm³/mol. The molecule has 0 saturated heterocycles. The summed E-state index contributed by atoms with van der Waals surface area (Å²) in [4.78, 5) is 12.5. The summed E-state index contributed by atoms with van der Waals surface area (Å²) in [7, 11) is 0. The average molecular weight is 879 g/mol. The lowest BCUT2D eigenvalue weighted by atomic mass is 9.99. The third-order valence-electron chi connectivity index (χ3n) is 14.0. The molecule has 4 N–H and O–H groups in total. The molecule has 0 radical (unpaired) electrons. The summed E-state index contributed by atoms with van der Waals surface area (Å²) < 4.78 is 0. The molecule has 0 spiro atoms. The fourth-order valence-corrected chi connectivity index (χ4v) is 9.52. The molecule has 0 aliphatic heterocycles. The molecule has 372 valence electrons. The summed E-state index contributed by atoms with van der Waals surface area (Å²) >= 11 is 0. The van der Waals surface area contributed by atoms with Crippen LogP contribution < -0.4 is 5.32 Å². The minimum absolute atomic E-state index is 0.135. The van der Waals surface area contributed by atoms with Crippen LogP contribution >= 0.6 is 0 Å². The van der Waals surface area contributed by atoms with Crippen molar-refractivity contribution in [2.45, 2.75) is 353 Å². The third-order valence-corrected chi connectivity index (χ3v) is 14.0. The number of hydrogen-bond acceptors (Lipinski definition) is 4. The standard InChI is InChI=1S/C57H115NO4/c1-3-5-7-9-11-13-15-17-19-21-23-25-27-28-29-30-32-34-36-38-40-42-44-46-48-50-52-56(61)58-54(53-59)57(62)55(60)51-49-47-45-43-41-39-37-35-33-31-26-24-22-20-18-16-14-12-10-8-6-4-2/h54-55,57,59-60,62H,3-53H2,1-2H3,(H,58,61). The van der Waals surface area contributed by atoms with Gasteiger partial charge in [0.25, 0.3) is 0 Å². The number of hydrogen-bond donors (Lipinski definition) is 4. The topological polar surface area (TPSA) is 89.8 Å². The van der Waals surface area contributed by atoms with Crippen molar-refractivity contribution in [1.29, 1.82) is 0 Å². The Balaban J connectivity index is 3.48. The minimum atomic E-state index is -1.13. The quantitative estimate of drug-likeness (QED) is 0.0458. The van der Waals surface area contributed by atoms with E-state index >= 15 is 0 Å². The maximum Gasteiger partial charge on any atom is 0.220 e. The molecular weight excluding hydrogens is 763 g/mol. The van der Waals surface area contributed by atoms with Crippen LogP contribution in [0.15, 0.2) is 0 Å². The number of aliphatic hydroxyl groups is 3. The van der Waals surface area contributed by atoms with Gasteiger partial charge in [0.2, 0.25) is 5.91 Å². The molecule has 5 nitrogen and oxygen atoms in total. The van der Waals surface area contributed by atoms with Gasteiger partial charge < -0.3 is 20.6 Å². The van der Waals surface area contributed by atoms with Gasteiger partial charge in [-0.2, -0.15) is 0 Å². The van der Waals surface area contributed by atoms with Gasteiger partial charge in [0.05, 0.1) is 18.8 Å². The van der Waals surface area contributed by atoms with Gasteiger partial charge in [-0.25, -0.2) is 0 Å². The number of aliphatic hydroxyl groups excluding tert-OH is 3. The molecule has 0 aliphatic rings. The third kappa shape index (κ3) is 47.3. The lowest BCUT2D eigenvalue weighted by Gasteiger charge is -2.26. The van der Waals surface area contributed by atoms with E-state index in [1.54, 1.807) is 0 Å². The van der Waals surface area contributed by atoms with E-state index in [1.807, 2.05) is 0 Å². The number of carbonyl (C=O) groups excluding carboxylic acids is 1. The molecule has 0 saturated carbocycles. The van der Waals surface area contributed by atoms with Crippen LogP contribution in [0.25, 0.3) is 0 Å². The highest BCUT2D eigenvalue weighted by atomic mass is 16.3. The van der Waals surface area contributed by atoms with E-state index < -0.39 is 18.2 Å². The lowest BCUT2D eigenvalue weighted by molar-refractivity contribution is -0.124. The van der Waals surface area contributed by atoms with E-state index in [-0.39, 0.29) is 12.5 Å². The molecule has 0 aliphatic carbocycles. The fourth-order valence-electron chi connectivity index (χ4n) is 9.52. The highest BCUT2D eigenvalue weighted by Crippen LogP contribution is 2.19. The summed E-state index contributed by atoms with van der Waals surface area (Å²) in [6, 6.07) is -0.804. The maximum absolute atomic E-state index is 12.5. The van der Waals surface area contributed by atoms with Crippen LogP contribution in [0.2, 0.25) is 0 Å². The van der Waals surface area contributed by atoms with Gasteiger partial charge in [0.1, 0.15) is 6.10 Å². The maximum atomic E-state index is 12.5. The van der Waals surface area contributed by atoms with E-state index in [1.165, 1.54) is 276 Å². The Morgan fingerprint density at radius 2 is 0.548 bits per heavy atom. The zero-order valence-corrected chi connectivity index (χ0v) is 42.5. The number of carbonyl (C=O) groups is 1. The summed E-state index contributed by atoms with van der Waals surface area (Å²) in [6.45, 7) is 4.23. The second-order valence-corrected chi connectivity index (χ2v) is 20.2. The van der Waals surface area contributed by atoms with Crippen LogP contribution in [0.3, 0.4) is 0 Å². The summed E-state index contributed by atoms with van der Waals surface area (Å²) in [5.41, 5.74) is 0. The van der Waals surface area contributed by atoms with Gasteiger partial charge in [0, 0.05) is 6.42 Å². The first-order chi connectivity index (χ1) is 30.6. The Morgan fingerprint density at radius 1 is 0.339 bits per heavy atom. The SMILES string of the molecule is CCCCCCCCCCCCCCCCCCCCCCCCCCCCC(=O)NC(CO)C(O)C(O)CCCCCCCCCCCCCCCCCCCCCCCC. The molecule has 62 heavy (non-hydrogen) atoms. The smallest absolute Gasteiger partial charge is 0.220 e. The van der Waals surface area contributed by atoms with Crippen molar-refractivity contribution < 1.29 is 20.1 Å². The molecule has 0 rings (SSSR count). The van der Waals surface area contributed by atoms with Crippen LogP contribution in [0.4, 0.5) is 0 Å². The lowest BCUT2D eigenvalue weighted by Crippen LogP contribution is -2.50. The Labute approximate surface area is 389 Å². The zero-order valence-electron chi connectivity index (χ0n) is 42.5. The number of unbranched alkanes of at least 4 members (excludes halogenated alkanes) is 46. The molecule has 3 atom stereocenters. The predicted octanol–water partition coefficient (Wildman–Crippen LogP) is 17.7. The van der Waals surface area contributed by atoms with Crippen molar-refractivity contribution in [3.8, 4) is 0 Å². The van der Waals surface area contributed by atoms with Crippen molar-refractivity contribution in [2.75, 3.05) is 6.61 Å². The van der Waals surface area contributed by atoms with Crippen molar-refractivity contribution in [2.24, 2.45) is 0 Å². The molecule has 1 amide bonds. The Bertz CT molecular complexity index is 838. The molecular formula is C57H115NO4. The number of rotatable bonds is 54. The van der Waals surface area contributed by atoms with E-state index in [0.717, 1.165) is 32.1 Å². The highest BCUT2D eigenvalue weighted by Gasteiger charge is 2.26. The molecule has 0 aromatic heterocycles. The fraction of sp³-hybridized carbons (Fsp3) is 0.982. The molecule has 5 heteroatoms. The van der Waals surface area contributed by atoms with Crippen molar-refractivity contribution in [1.82, 2.24) is 5.32 Å². The van der Waals surface area contributed by atoms with E-state index in [0.29, 0.717) is 12.8 Å². The van der Waals surface area contributed by atoms with Gasteiger partial charge in [-0.15, -0.1) is 0 Å². The minimum Gasteiger partial charge on any atom is -0.394 e. The summed E-state index contributed by atoms with van der Waals surface area (Å²) in [6.07, 6.45) is 64.0. The van der Waals surface area contributed by atoms with Gasteiger partial charge in [-0.3, -0.25) is 4.79 Å². The number of nitrogens with one attached hydrogen (secondary N) is 1. The van der Waals surface area contributed by atoms with Gasteiger partial charge in [-0.1, -0.05) is 316 Å². The largest absolute Gasteiger partial charge is 0.394 e. The summed E-state index contributed by atoms with van der Waals surface area (Å²) in [5.74, 6) is -0.135. The highest BCUT2D eigenvalue weighted by molar-refractivity contribution is 5.76. The van der Waals surface area contributed by atoms with Crippen molar-refractivity contribution in [3.05, 3.63) is 0 Å². The van der Waals surface area contributed by atoms with Crippen LogP contribution in [0.1, 0.15) is 335 Å². The Kier molecular flexibility index (Phi) is 52.4. The Hall–Kier alpha value is -0.650. The van der Waals surface area contributed by atoms with Gasteiger partial charge >= 0.3 is 0 Å². The molecule has 3 unspecified atom stereocenters. The molecule has 0 aromatic rings. The molecule has 0 aromatic carbocycles.